The van der Waals surface area contributed by atoms with Crippen LogP contribution in [-0.4, -0.2) is 15.9 Å². The van der Waals surface area contributed by atoms with Crippen molar-refractivity contribution in [2.45, 2.75) is 51.5 Å². The first-order valence-corrected chi connectivity index (χ1v) is 10.3. The molecule has 4 heteroatoms. The smallest absolute Gasteiger partial charge is 0.220 e. The second kappa shape index (κ2) is 6.74. The first-order chi connectivity index (χ1) is 13.2. The van der Waals surface area contributed by atoms with Crippen molar-refractivity contribution in [3.8, 4) is 11.3 Å². The SMILES string of the molecule is O=C(CC12CC3CC(CC(C3)C1)C2)NCc1ccnc(-c2ccncc2)c1. The molecule has 4 fully saturated rings. The van der Waals surface area contributed by atoms with E-state index in [0.717, 1.165) is 41.0 Å². The molecule has 27 heavy (non-hydrogen) atoms. The third kappa shape index (κ3) is 3.50. The Morgan fingerprint density at radius 1 is 1.00 bits per heavy atom. The third-order valence-electron chi connectivity index (χ3n) is 6.99. The summed E-state index contributed by atoms with van der Waals surface area (Å²) < 4.78 is 0. The van der Waals surface area contributed by atoms with Crippen molar-refractivity contribution < 1.29 is 4.79 Å². The maximum atomic E-state index is 12.7. The van der Waals surface area contributed by atoms with Gasteiger partial charge in [-0.15, -0.1) is 0 Å². The molecule has 1 amide bonds. The number of pyridine rings is 2. The van der Waals surface area contributed by atoms with Gasteiger partial charge in [-0.25, -0.2) is 0 Å². The Balaban J connectivity index is 1.21. The van der Waals surface area contributed by atoms with Crippen LogP contribution in [0.5, 0.6) is 0 Å². The average Bonchev–Trinajstić information content (AvgIpc) is 2.66. The van der Waals surface area contributed by atoms with Gasteiger partial charge in [0.25, 0.3) is 0 Å². The number of rotatable bonds is 5. The summed E-state index contributed by atoms with van der Waals surface area (Å²) in [6.45, 7) is 0.575. The maximum Gasteiger partial charge on any atom is 0.220 e. The zero-order chi connectivity index (χ0) is 18.3. The van der Waals surface area contributed by atoms with Crippen LogP contribution in [0.25, 0.3) is 11.3 Å². The van der Waals surface area contributed by atoms with Gasteiger partial charge < -0.3 is 5.32 Å². The molecule has 4 saturated carbocycles. The van der Waals surface area contributed by atoms with E-state index in [-0.39, 0.29) is 5.91 Å². The summed E-state index contributed by atoms with van der Waals surface area (Å²) in [5, 5.41) is 3.17. The average molecular weight is 361 g/mol. The van der Waals surface area contributed by atoms with Gasteiger partial charge in [0, 0.05) is 37.1 Å². The maximum absolute atomic E-state index is 12.7. The molecule has 0 spiro atoms. The standard InChI is InChI=1S/C23H27N3O/c27-22(14-23-11-17-7-18(12-23)9-19(8-17)13-23)26-15-16-1-6-25-21(10-16)20-2-4-24-5-3-20/h1-6,10,17-19H,7-9,11-15H2,(H,26,27). The number of nitrogens with one attached hydrogen (secondary N) is 1. The first kappa shape index (κ1) is 16.9. The summed E-state index contributed by atoms with van der Waals surface area (Å²) in [5.74, 6) is 2.91. The second-order valence-corrected chi connectivity index (χ2v) is 9.16. The minimum absolute atomic E-state index is 0.222. The number of aromatic nitrogens is 2. The van der Waals surface area contributed by atoms with Crippen molar-refractivity contribution in [1.82, 2.24) is 15.3 Å². The van der Waals surface area contributed by atoms with Gasteiger partial charge in [-0.2, -0.15) is 0 Å². The molecule has 0 aromatic carbocycles. The van der Waals surface area contributed by atoms with Crippen LogP contribution < -0.4 is 5.32 Å². The van der Waals surface area contributed by atoms with Crippen molar-refractivity contribution in [3.05, 3.63) is 48.4 Å². The second-order valence-electron chi connectivity index (χ2n) is 9.16. The predicted molar refractivity (Wildman–Crippen MR) is 105 cm³/mol. The molecular weight excluding hydrogens is 334 g/mol. The summed E-state index contributed by atoms with van der Waals surface area (Å²) in [6, 6.07) is 7.95. The van der Waals surface area contributed by atoms with E-state index >= 15 is 0 Å². The molecule has 0 radical (unpaired) electrons. The Hall–Kier alpha value is -2.23. The fourth-order valence-corrected chi connectivity index (χ4v) is 6.38. The molecule has 0 atom stereocenters. The highest BCUT2D eigenvalue weighted by atomic mass is 16.1. The molecule has 4 bridgehead atoms. The number of nitrogens with zero attached hydrogens (tertiary/aromatic N) is 2. The highest BCUT2D eigenvalue weighted by molar-refractivity contribution is 5.76. The predicted octanol–water partition coefficient (Wildman–Crippen LogP) is 4.37. The van der Waals surface area contributed by atoms with Crippen LogP contribution in [0.1, 0.15) is 50.5 Å². The minimum Gasteiger partial charge on any atom is -0.352 e. The number of hydrogen-bond acceptors (Lipinski definition) is 3. The van der Waals surface area contributed by atoms with Crippen LogP contribution in [-0.2, 0) is 11.3 Å². The lowest BCUT2D eigenvalue weighted by Gasteiger charge is -2.56. The molecule has 6 rings (SSSR count). The van der Waals surface area contributed by atoms with Crippen LogP contribution in [0.15, 0.2) is 42.9 Å². The fourth-order valence-electron chi connectivity index (χ4n) is 6.38. The number of hydrogen-bond donors (Lipinski definition) is 1. The fraction of sp³-hybridized carbons (Fsp3) is 0.522. The molecule has 140 valence electrons. The Morgan fingerprint density at radius 3 is 2.33 bits per heavy atom. The lowest BCUT2D eigenvalue weighted by molar-refractivity contribution is -0.129. The molecule has 2 aromatic heterocycles. The highest BCUT2D eigenvalue weighted by Gasteiger charge is 2.51. The van der Waals surface area contributed by atoms with Crippen LogP contribution in [0.3, 0.4) is 0 Å². The molecule has 2 heterocycles. The van der Waals surface area contributed by atoms with Crippen LogP contribution in [0.4, 0.5) is 0 Å². The lowest BCUT2D eigenvalue weighted by atomic mass is 9.49. The lowest BCUT2D eigenvalue weighted by Crippen LogP contribution is -2.47. The molecule has 4 aliphatic carbocycles. The van der Waals surface area contributed by atoms with Gasteiger partial charge in [0.05, 0.1) is 5.69 Å². The van der Waals surface area contributed by atoms with E-state index in [0.29, 0.717) is 12.0 Å². The first-order valence-electron chi connectivity index (χ1n) is 10.3. The summed E-state index contributed by atoms with van der Waals surface area (Å²) >= 11 is 0. The molecular formula is C23H27N3O. The van der Waals surface area contributed by atoms with Crippen molar-refractivity contribution in [2.75, 3.05) is 0 Å². The van der Waals surface area contributed by atoms with E-state index in [1.165, 1.54) is 38.5 Å². The number of amides is 1. The van der Waals surface area contributed by atoms with E-state index in [9.17, 15) is 4.79 Å². The zero-order valence-corrected chi connectivity index (χ0v) is 15.7. The normalized spacial score (nSPS) is 31.0. The molecule has 1 N–H and O–H groups in total. The Bertz CT molecular complexity index is 797. The minimum atomic E-state index is 0.222. The van der Waals surface area contributed by atoms with Crippen molar-refractivity contribution in [1.29, 1.82) is 0 Å². The summed E-state index contributed by atoms with van der Waals surface area (Å²) in [6.07, 6.45) is 14.2. The Morgan fingerprint density at radius 2 is 1.67 bits per heavy atom. The molecule has 0 unspecified atom stereocenters. The summed E-state index contributed by atoms with van der Waals surface area (Å²) in [5.41, 5.74) is 3.37. The third-order valence-corrected chi connectivity index (χ3v) is 6.99. The van der Waals surface area contributed by atoms with E-state index in [1.807, 2.05) is 24.4 Å². The van der Waals surface area contributed by atoms with Crippen molar-refractivity contribution in [3.63, 3.8) is 0 Å². The zero-order valence-electron chi connectivity index (χ0n) is 15.7. The Kier molecular flexibility index (Phi) is 4.22. The van der Waals surface area contributed by atoms with E-state index < -0.39 is 0 Å². The summed E-state index contributed by atoms with van der Waals surface area (Å²) in [4.78, 5) is 21.2. The van der Waals surface area contributed by atoms with Gasteiger partial charge in [0.2, 0.25) is 5.91 Å². The molecule has 2 aromatic rings. The van der Waals surface area contributed by atoms with Crippen LogP contribution >= 0.6 is 0 Å². The largest absolute Gasteiger partial charge is 0.352 e. The van der Waals surface area contributed by atoms with E-state index in [1.54, 1.807) is 12.4 Å². The molecule has 4 aliphatic rings. The molecule has 0 saturated heterocycles. The highest BCUT2D eigenvalue weighted by Crippen LogP contribution is 2.61. The number of carbonyl (C=O) groups excluding carboxylic acids is 1. The van der Waals surface area contributed by atoms with Gasteiger partial charge in [-0.05, 0) is 91.5 Å². The van der Waals surface area contributed by atoms with E-state index in [2.05, 4.69) is 21.4 Å². The van der Waals surface area contributed by atoms with Gasteiger partial charge in [-0.3, -0.25) is 14.8 Å². The Labute approximate surface area is 160 Å². The molecule has 4 nitrogen and oxygen atoms in total. The topological polar surface area (TPSA) is 54.9 Å². The van der Waals surface area contributed by atoms with E-state index in [4.69, 9.17) is 0 Å². The van der Waals surface area contributed by atoms with Gasteiger partial charge in [0.1, 0.15) is 0 Å². The monoisotopic (exact) mass is 361 g/mol. The van der Waals surface area contributed by atoms with Gasteiger partial charge in [0.15, 0.2) is 0 Å². The van der Waals surface area contributed by atoms with Crippen molar-refractivity contribution >= 4 is 5.91 Å². The quantitative estimate of drug-likeness (QED) is 0.860. The van der Waals surface area contributed by atoms with Gasteiger partial charge >= 0.3 is 0 Å². The summed E-state index contributed by atoms with van der Waals surface area (Å²) in [7, 11) is 0. The number of carbonyl (C=O) groups is 1. The van der Waals surface area contributed by atoms with Gasteiger partial charge in [-0.1, -0.05) is 0 Å². The van der Waals surface area contributed by atoms with Crippen molar-refractivity contribution in [2.24, 2.45) is 23.2 Å². The van der Waals surface area contributed by atoms with Crippen LogP contribution in [0, 0.1) is 23.2 Å². The van der Waals surface area contributed by atoms with Crippen LogP contribution in [0.2, 0.25) is 0 Å². The molecule has 0 aliphatic heterocycles.